The predicted molar refractivity (Wildman–Crippen MR) is 115 cm³/mol. The lowest BCUT2D eigenvalue weighted by Crippen LogP contribution is -1.89. The van der Waals surface area contributed by atoms with Crippen LogP contribution in [0, 0.1) is 0 Å². The molecular formula is C24H13ClN2O. The Morgan fingerprint density at radius 2 is 1.21 bits per heavy atom. The average Bonchev–Trinajstić information content (AvgIpc) is 3.13. The lowest BCUT2D eigenvalue weighted by Gasteiger charge is -2.07. The third-order valence-electron chi connectivity index (χ3n) is 5.23. The molecule has 28 heavy (non-hydrogen) atoms. The molecule has 0 aliphatic heterocycles. The van der Waals surface area contributed by atoms with Crippen LogP contribution in [0.25, 0.3) is 54.9 Å². The Balaban J connectivity index is 1.94. The molecule has 2 heterocycles. The number of halogens is 1. The molecule has 0 aliphatic rings. The Bertz CT molecular complexity index is 1520. The zero-order chi connectivity index (χ0) is 18.7. The number of rotatable bonds is 1. The van der Waals surface area contributed by atoms with Crippen LogP contribution < -0.4 is 0 Å². The van der Waals surface area contributed by atoms with E-state index in [1.165, 1.54) is 5.39 Å². The largest absolute Gasteiger partial charge is 0.437 e. The van der Waals surface area contributed by atoms with E-state index in [4.69, 9.17) is 16.0 Å². The topological polar surface area (TPSA) is 38.9 Å². The number of fused-ring (bicyclic) bond motifs is 8. The molecule has 0 bridgehead atoms. The van der Waals surface area contributed by atoms with Gasteiger partial charge in [0.2, 0.25) is 11.0 Å². The molecule has 3 nitrogen and oxygen atoms in total. The maximum Gasteiger partial charge on any atom is 0.232 e. The number of hydrogen-bond donors (Lipinski definition) is 0. The normalized spacial score (nSPS) is 11.8. The van der Waals surface area contributed by atoms with E-state index in [1.54, 1.807) is 0 Å². The van der Waals surface area contributed by atoms with E-state index >= 15 is 0 Å². The SMILES string of the molecule is Clc1nc(-c2ccccc2)c2c(n1)oc1c3ccccc3c3ccccc3c12. The second kappa shape index (κ2) is 5.78. The van der Waals surface area contributed by atoms with Gasteiger partial charge in [0.25, 0.3) is 0 Å². The van der Waals surface area contributed by atoms with Crippen molar-refractivity contribution in [3.63, 3.8) is 0 Å². The lowest BCUT2D eigenvalue weighted by molar-refractivity contribution is 0.656. The molecule has 0 saturated heterocycles. The zero-order valence-corrected chi connectivity index (χ0v) is 15.4. The van der Waals surface area contributed by atoms with Gasteiger partial charge in [-0.25, -0.2) is 4.98 Å². The molecule has 0 saturated carbocycles. The van der Waals surface area contributed by atoms with Gasteiger partial charge in [0.05, 0.1) is 11.1 Å². The van der Waals surface area contributed by atoms with Crippen LogP contribution in [0.2, 0.25) is 5.28 Å². The van der Waals surface area contributed by atoms with E-state index in [9.17, 15) is 0 Å². The van der Waals surface area contributed by atoms with Crippen molar-refractivity contribution in [1.29, 1.82) is 0 Å². The number of hydrogen-bond acceptors (Lipinski definition) is 3. The molecule has 6 aromatic rings. The van der Waals surface area contributed by atoms with Crippen molar-refractivity contribution < 1.29 is 4.42 Å². The highest BCUT2D eigenvalue weighted by molar-refractivity contribution is 6.33. The summed E-state index contributed by atoms with van der Waals surface area (Å²) in [5, 5.41) is 6.63. The van der Waals surface area contributed by atoms with Crippen LogP contribution in [0.5, 0.6) is 0 Å². The first-order valence-corrected chi connectivity index (χ1v) is 9.44. The molecule has 0 amide bonds. The van der Waals surface area contributed by atoms with Crippen molar-refractivity contribution in [2.75, 3.05) is 0 Å². The Hall–Kier alpha value is -3.43. The minimum atomic E-state index is 0.180. The molecule has 0 aliphatic carbocycles. The van der Waals surface area contributed by atoms with Crippen LogP contribution in [0.15, 0.2) is 83.3 Å². The zero-order valence-electron chi connectivity index (χ0n) is 14.7. The van der Waals surface area contributed by atoms with Crippen LogP contribution in [-0.4, -0.2) is 9.97 Å². The summed E-state index contributed by atoms with van der Waals surface area (Å²) in [5.74, 6) is 0. The summed E-state index contributed by atoms with van der Waals surface area (Å²) in [4.78, 5) is 8.98. The van der Waals surface area contributed by atoms with Gasteiger partial charge < -0.3 is 4.42 Å². The van der Waals surface area contributed by atoms with E-state index in [0.29, 0.717) is 5.71 Å². The summed E-state index contributed by atoms with van der Waals surface area (Å²) >= 11 is 6.26. The van der Waals surface area contributed by atoms with E-state index in [-0.39, 0.29) is 5.28 Å². The van der Waals surface area contributed by atoms with Gasteiger partial charge in [0.1, 0.15) is 5.58 Å². The Morgan fingerprint density at radius 3 is 1.96 bits per heavy atom. The Labute approximate surface area is 165 Å². The molecular weight excluding hydrogens is 368 g/mol. The summed E-state index contributed by atoms with van der Waals surface area (Å²) in [6.07, 6.45) is 0. The monoisotopic (exact) mass is 380 g/mol. The van der Waals surface area contributed by atoms with Gasteiger partial charge >= 0.3 is 0 Å². The highest BCUT2D eigenvalue weighted by Crippen LogP contribution is 2.43. The van der Waals surface area contributed by atoms with E-state index in [2.05, 4.69) is 46.4 Å². The highest BCUT2D eigenvalue weighted by atomic mass is 35.5. The van der Waals surface area contributed by atoms with Gasteiger partial charge in [-0.15, -0.1) is 0 Å². The summed E-state index contributed by atoms with van der Waals surface area (Å²) in [6.45, 7) is 0. The van der Waals surface area contributed by atoms with Gasteiger partial charge in [0.15, 0.2) is 0 Å². The summed E-state index contributed by atoms with van der Waals surface area (Å²) in [5.41, 5.74) is 3.10. The molecule has 4 aromatic carbocycles. The van der Waals surface area contributed by atoms with Gasteiger partial charge in [-0.1, -0.05) is 78.9 Å². The molecule has 0 atom stereocenters. The molecule has 0 N–H and O–H groups in total. The number of nitrogens with zero attached hydrogens (tertiary/aromatic N) is 2. The second-order valence-electron chi connectivity index (χ2n) is 6.78. The first kappa shape index (κ1) is 15.6. The third kappa shape index (κ3) is 2.11. The fourth-order valence-electron chi connectivity index (χ4n) is 4.08. The van der Waals surface area contributed by atoms with Crippen LogP contribution >= 0.6 is 11.6 Å². The van der Waals surface area contributed by atoms with Gasteiger partial charge in [-0.2, -0.15) is 4.98 Å². The van der Waals surface area contributed by atoms with E-state index in [1.807, 2.05) is 42.5 Å². The first-order valence-electron chi connectivity index (χ1n) is 9.06. The number of aromatic nitrogens is 2. The van der Waals surface area contributed by atoms with Gasteiger partial charge in [-0.3, -0.25) is 0 Å². The maximum absolute atomic E-state index is 6.28. The molecule has 0 unspecified atom stereocenters. The summed E-state index contributed by atoms with van der Waals surface area (Å²) in [7, 11) is 0. The van der Waals surface area contributed by atoms with Crippen LogP contribution in [0.1, 0.15) is 0 Å². The lowest BCUT2D eigenvalue weighted by atomic mass is 9.96. The molecule has 0 spiro atoms. The summed E-state index contributed by atoms with van der Waals surface area (Å²) < 4.78 is 6.28. The molecule has 0 fully saturated rings. The van der Waals surface area contributed by atoms with Crippen molar-refractivity contribution in [2.24, 2.45) is 0 Å². The number of furan rings is 1. The van der Waals surface area contributed by atoms with Crippen LogP contribution in [0.4, 0.5) is 0 Å². The number of benzene rings is 4. The Morgan fingerprint density at radius 1 is 0.607 bits per heavy atom. The standard InChI is InChI=1S/C24H13ClN2O/c25-24-26-21(14-8-2-1-3-9-14)20-19-17-12-6-4-10-15(17)16-11-5-7-13-18(16)22(19)28-23(20)27-24/h1-13H. The predicted octanol–water partition coefficient (Wildman–Crippen LogP) is 7.00. The van der Waals surface area contributed by atoms with Gasteiger partial charge in [0, 0.05) is 16.3 Å². The van der Waals surface area contributed by atoms with E-state index < -0.39 is 0 Å². The minimum absolute atomic E-state index is 0.180. The van der Waals surface area contributed by atoms with Crippen molar-refractivity contribution in [2.45, 2.75) is 0 Å². The first-order chi connectivity index (χ1) is 13.8. The van der Waals surface area contributed by atoms with Crippen molar-refractivity contribution in [3.8, 4) is 11.3 Å². The molecule has 2 aromatic heterocycles. The molecule has 132 valence electrons. The maximum atomic E-state index is 6.28. The fourth-order valence-corrected chi connectivity index (χ4v) is 4.24. The molecule has 6 rings (SSSR count). The van der Waals surface area contributed by atoms with Crippen molar-refractivity contribution >= 4 is 55.2 Å². The fraction of sp³-hybridized carbons (Fsp3) is 0. The van der Waals surface area contributed by atoms with Crippen LogP contribution in [0.3, 0.4) is 0 Å². The smallest absolute Gasteiger partial charge is 0.232 e. The minimum Gasteiger partial charge on any atom is -0.437 e. The Kier molecular flexibility index (Phi) is 3.22. The molecule has 4 heteroatoms. The van der Waals surface area contributed by atoms with E-state index in [0.717, 1.165) is 43.8 Å². The molecule has 0 radical (unpaired) electrons. The third-order valence-corrected chi connectivity index (χ3v) is 5.40. The van der Waals surface area contributed by atoms with Gasteiger partial charge in [-0.05, 0) is 27.8 Å². The summed E-state index contributed by atoms with van der Waals surface area (Å²) in [6, 6.07) is 26.7. The highest BCUT2D eigenvalue weighted by Gasteiger charge is 2.21. The van der Waals surface area contributed by atoms with Crippen molar-refractivity contribution in [3.05, 3.63) is 84.1 Å². The second-order valence-corrected chi connectivity index (χ2v) is 7.12. The average molecular weight is 381 g/mol. The van der Waals surface area contributed by atoms with Crippen molar-refractivity contribution in [1.82, 2.24) is 9.97 Å². The van der Waals surface area contributed by atoms with Crippen LogP contribution in [-0.2, 0) is 0 Å². The quantitative estimate of drug-likeness (QED) is 0.227.